The van der Waals surface area contributed by atoms with Gasteiger partial charge in [-0.25, -0.2) is 8.78 Å². The van der Waals surface area contributed by atoms with Crippen LogP contribution in [0.4, 0.5) is 22.0 Å². The summed E-state index contributed by atoms with van der Waals surface area (Å²) in [4.78, 5) is 0. The topological polar surface area (TPSA) is 26.0 Å². The Hall–Kier alpha value is -1.17. The standard InChI is InChI=1S/C14H16F5N/c15-11-6-2-5-10(12(11)16)13(20)8-3-1-4-9(7-8)14(17,18)19/h2,5-6,8-9,13H,1,3-4,7,20H2. The van der Waals surface area contributed by atoms with E-state index in [4.69, 9.17) is 5.73 Å². The first-order valence-electron chi connectivity index (χ1n) is 6.57. The monoisotopic (exact) mass is 293 g/mol. The van der Waals surface area contributed by atoms with Gasteiger partial charge in [0, 0.05) is 11.6 Å². The number of benzene rings is 1. The molecule has 0 radical (unpaired) electrons. The minimum atomic E-state index is -4.25. The van der Waals surface area contributed by atoms with Crippen molar-refractivity contribution in [3.8, 4) is 0 Å². The van der Waals surface area contributed by atoms with E-state index in [0.29, 0.717) is 12.8 Å². The maximum absolute atomic E-state index is 13.7. The van der Waals surface area contributed by atoms with E-state index >= 15 is 0 Å². The molecule has 0 heterocycles. The van der Waals surface area contributed by atoms with E-state index in [1.807, 2.05) is 0 Å². The van der Waals surface area contributed by atoms with Gasteiger partial charge in [-0.1, -0.05) is 18.6 Å². The zero-order valence-electron chi connectivity index (χ0n) is 10.8. The van der Waals surface area contributed by atoms with Crippen molar-refractivity contribution in [2.24, 2.45) is 17.6 Å². The lowest BCUT2D eigenvalue weighted by Crippen LogP contribution is -2.33. The Morgan fingerprint density at radius 2 is 1.85 bits per heavy atom. The average Bonchev–Trinajstić information content (AvgIpc) is 2.40. The molecule has 20 heavy (non-hydrogen) atoms. The van der Waals surface area contributed by atoms with Gasteiger partial charge in [-0.3, -0.25) is 0 Å². The molecule has 3 atom stereocenters. The van der Waals surface area contributed by atoms with Crippen molar-refractivity contribution in [1.82, 2.24) is 0 Å². The van der Waals surface area contributed by atoms with Gasteiger partial charge in [-0.2, -0.15) is 13.2 Å². The molecule has 3 unspecified atom stereocenters. The van der Waals surface area contributed by atoms with Crippen molar-refractivity contribution in [2.45, 2.75) is 37.9 Å². The van der Waals surface area contributed by atoms with Crippen LogP contribution in [-0.2, 0) is 0 Å². The molecule has 0 aliphatic heterocycles. The summed E-state index contributed by atoms with van der Waals surface area (Å²) in [7, 11) is 0. The molecule has 0 aromatic heterocycles. The highest BCUT2D eigenvalue weighted by molar-refractivity contribution is 5.23. The first-order chi connectivity index (χ1) is 9.30. The molecule has 2 rings (SSSR count). The van der Waals surface area contributed by atoms with Crippen LogP contribution in [0.2, 0.25) is 0 Å². The van der Waals surface area contributed by atoms with Crippen molar-refractivity contribution in [1.29, 1.82) is 0 Å². The molecular weight excluding hydrogens is 277 g/mol. The molecule has 1 aliphatic carbocycles. The van der Waals surface area contributed by atoms with Gasteiger partial charge in [-0.05, 0) is 31.2 Å². The van der Waals surface area contributed by atoms with E-state index in [0.717, 1.165) is 6.07 Å². The van der Waals surface area contributed by atoms with Gasteiger partial charge in [-0.15, -0.1) is 0 Å². The number of nitrogens with two attached hydrogens (primary N) is 1. The first kappa shape index (κ1) is 15.2. The average molecular weight is 293 g/mol. The summed E-state index contributed by atoms with van der Waals surface area (Å²) in [6.45, 7) is 0. The third-order valence-corrected chi connectivity index (χ3v) is 4.03. The number of halogens is 5. The zero-order chi connectivity index (χ0) is 14.9. The van der Waals surface area contributed by atoms with E-state index < -0.39 is 35.7 Å². The molecular formula is C14H16F5N. The Morgan fingerprint density at radius 1 is 1.15 bits per heavy atom. The van der Waals surface area contributed by atoms with Crippen LogP contribution < -0.4 is 5.73 Å². The summed E-state index contributed by atoms with van der Waals surface area (Å²) in [5, 5.41) is 0. The van der Waals surface area contributed by atoms with Gasteiger partial charge in [0.05, 0.1) is 5.92 Å². The van der Waals surface area contributed by atoms with Gasteiger partial charge in [0.1, 0.15) is 0 Å². The third kappa shape index (κ3) is 3.11. The zero-order valence-corrected chi connectivity index (χ0v) is 10.8. The van der Waals surface area contributed by atoms with Gasteiger partial charge < -0.3 is 5.73 Å². The Balaban J connectivity index is 2.16. The van der Waals surface area contributed by atoms with Crippen LogP contribution in [-0.4, -0.2) is 6.18 Å². The Kier molecular flexibility index (Phi) is 4.32. The quantitative estimate of drug-likeness (QED) is 0.807. The third-order valence-electron chi connectivity index (χ3n) is 4.03. The van der Waals surface area contributed by atoms with Crippen molar-refractivity contribution in [3.63, 3.8) is 0 Å². The maximum Gasteiger partial charge on any atom is 0.391 e. The molecule has 112 valence electrons. The molecule has 1 nitrogen and oxygen atoms in total. The Labute approximate surface area is 114 Å². The lowest BCUT2D eigenvalue weighted by atomic mass is 9.76. The maximum atomic E-state index is 13.7. The van der Waals surface area contributed by atoms with E-state index in [1.165, 1.54) is 12.1 Å². The van der Waals surface area contributed by atoms with E-state index in [9.17, 15) is 22.0 Å². The Morgan fingerprint density at radius 3 is 2.50 bits per heavy atom. The second-order valence-electron chi connectivity index (χ2n) is 5.33. The van der Waals surface area contributed by atoms with Crippen LogP contribution in [0.1, 0.15) is 37.3 Å². The smallest absolute Gasteiger partial charge is 0.324 e. The molecule has 1 aliphatic rings. The summed E-state index contributed by atoms with van der Waals surface area (Å²) in [5.41, 5.74) is 5.83. The van der Waals surface area contributed by atoms with Crippen LogP contribution in [0.25, 0.3) is 0 Å². The number of hydrogen-bond acceptors (Lipinski definition) is 1. The molecule has 1 fully saturated rings. The van der Waals surface area contributed by atoms with Gasteiger partial charge in [0.25, 0.3) is 0 Å². The summed E-state index contributed by atoms with van der Waals surface area (Å²) in [5.74, 6) is -3.97. The molecule has 6 heteroatoms. The molecule has 2 N–H and O–H groups in total. The molecule has 1 aromatic carbocycles. The highest BCUT2D eigenvalue weighted by Gasteiger charge is 2.43. The van der Waals surface area contributed by atoms with E-state index in [2.05, 4.69) is 0 Å². The second kappa shape index (κ2) is 5.68. The van der Waals surface area contributed by atoms with Gasteiger partial charge in [0.2, 0.25) is 0 Å². The highest BCUT2D eigenvalue weighted by atomic mass is 19.4. The molecule has 1 aromatic rings. The van der Waals surface area contributed by atoms with Crippen LogP contribution in [0.3, 0.4) is 0 Å². The summed E-state index contributed by atoms with van der Waals surface area (Å²) < 4.78 is 65.1. The largest absolute Gasteiger partial charge is 0.391 e. The summed E-state index contributed by atoms with van der Waals surface area (Å²) in [6, 6.07) is 2.71. The van der Waals surface area contributed by atoms with Crippen molar-refractivity contribution < 1.29 is 22.0 Å². The summed E-state index contributed by atoms with van der Waals surface area (Å²) in [6.07, 6.45) is -3.39. The fraction of sp³-hybridized carbons (Fsp3) is 0.571. The first-order valence-corrected chi connectivity index (χ1v) is 6.57. The fourth-order valence-electron chi connectivity index (χ4n) is 2.88. The lowest BCUT2D eigenvalue weighted by molar-refractivity contribution is -0.186. The van der Waals surface area contributed by atoms with Crippen molar-refractivity contribution in [3.05, 3.63) is 35.4 Å². The van der Waals surface area contributed by atoms with Gasteiger partial charge >= 0.3 is 6.18 Å². The SMILES string of the molecule is NC(c1cccc(F)c1F)C1CCCC(C(F)(F)F)C1. The summed E-state index contributed by atoms with van der Waals surface area (Å²) >= 11 is 0. The molecule has 0 spiro atoms. The molecule has 0 amide bonds. The minimum Gasteiger partial charge on any atom is -0.324 e. The van der Waals surface area contributed by atoms with Crippen LogP contribution in [0, 0.1) is 23.5 Å². The molecule has 1 saturated carbocycles. The lowest BCUT2D eigenvalue weighted by Gasteiger charge is -2.34. The highest BCUT2D eigenvalue weighted by Crippen LogP contribution is 2.43. The number of alkyl halides is 3. The van der Waals surface area contributed by atoms with Crippen LogP contribution in [0.15, 0.2) is 18.2 Å². The fourth-order valence-corrected chi connectivity index (χ4v) is 2.88. The number of rotatable bonds is 2. The van der Waals surface area contributed by atoms with Gasteiger partial charge in [0.15, 0.2) is 11.6 Å². The second-order valence-corrected chi connectivity index (χ2v) is 5.33. The van der Waals surface area contributed by atoms with E-state index in [1.54, 1.807) is 0 Å². The predicted octanol–water partition coefficient (Wildman–Crippen LogP) is 4.33. The predicted molar refractivity (Wildman–Crippen MR) is 64.8 cm³/mol. The number of hydrogen-bond donors (Lipinski definition) is 1. The van der Waals surface area contributed by atoms with Crippen LogP contribution >= 0.6 is 0 Å². The normalized spacial score (nSPS) is 25.5. The molecule has 0 saturated heterocycles. The van der Waals surface area contributed by atoms with Crippen molar-refractivity contribution >= 4 is 0 Å². The molecule has 0 bridgehead atoms. The van der Waals surface area contributed by atoms with E-state index in [-0.39, 0.29) is 18.4 Å². The minimum absolute atomic E-state index is 0.0437. The van der Waals surface area contributed by atoms with Crippen LogP contribution in [0.5, 0.6) is 0 Å². The van der Waals surface area contributed by atoms with Crippen molar-refractivity contribution in [2.75, 3.05) is 0 Å². The Bertz CT molecular complexity index is 471.